The van der Waals surface area contributed by atoms with Crippen molar-refractivity contribution < 1.29 is 14.3 Å². The van der Waals surface area contributed by atoms with E-state index in [1.54, 1.807) is 6.92 Å². The molecule has 7 nitrogen and oxygen atoms in total. The van der Waals surface area contributed by atoms with Crippen LogP contribution in [-0.4, -0.2) is 35.1 Å². The van der Waals surface area contributed by atoms with E-state index in [0.29, 0.717) is 5.95 Å². The molecule has 0 aliphatic rings. The van der Waals surface area contributed by atoms with Crippen molar-refractivity contribution in [1.82, 2.24) is 15.3 Å². The summed E-state index contributed by atoms with van der Waals surface area (Å²) in [4.78, 5) is 29.7. The van der Waals surface area contributed by atoms with Gasteiger partial charge >= 0.3 is 12.0 Å². The molecule has 2 aromatic rings. The number of para-hydroxylation sites is 2. The predicted molar refractivity (Wildman–Crippen MR) is 69.7 cm³/mol. The first-order valence-electron chi connectivity index (χ1n) is 5.84. The molecule has 1 heterocycles. The standard InChI is InChI=1S/C12H14N4O3/c1-2-19-10(17)7-13-12(18)16-11-14-8-5-3-4-6-9(8)15-11/h3-6H,2,7H2,1H3,(H3,13,14,15,16,18). The lowest BCUT2D eigenvalue weighted by Crippen LogP contribution is -2.34. The van der Waals surface area contributed by atoms with Gasteiger partial charge in [-0.1, -0.05) is 12.1 Å². The molecule has 0 fully saturated rings. The number of aromatic amines is 1. The number of esters is 1. The molecule has 1 aromatic heterocycles. The fourth-order valence-corrected chi connectivity index (χ4v) is 1.53. The molecular weight excluding hydrogens is 248 g/mol. The van der Waals surface area contributed by atoms with Crippen LogP contribution in [0.15, 0.2) is 24.3 Å². The lowest BCUT2D eigenvalue weighted by molar-refractivity contribution is -0.141. The van der Waals surface area contributed by atoms with Gasteiger partial charge in [0.05, 0.1) is 17.6 Å². The van der Waals surface area contributed by atoms with Crippen LogP contribution in [0.2, 0.25) is 0 Å². The van der Waals surface area contributed by atoms with E-state index in [9.17, 15) is 9.59 Å². The summed E-state index contributed by atoms with van der Waals surface area (Å²) in [6, 6.07) is 6.88. The number of nitrogens with zero attached hydrogens (tertiary/aromatic N) is 1. The number of carbonyl (C=O) groups excluding carboxylic acids is 2. The molecule has 0 atom stereocenters. The molecule has 0 saturated carbocycles. The average Bonchev–Trinajstić information content (AvgIpc) is 2.78. The number of rotatable bonds is 4. The summed E-state index contributed by atoms with van der Waals surface area (Å²) in [6.07, 6.45) is 0. The number of amides is 2. The third-order valence-corrected chi connectivity index (χ3v) is 2.32. The number of fused-ring (bicyclic) bond motifs is 1. The topological polar surface area (TPSA) is 96.1 Å². The van der Waals surface area contributed by atoms with Crippen LogP contribution in [0.1, 0.15) is 6.92 Å². The van der Waals surface area contributed by atoms with E-state index in [2.05, 4.69) is 25.3 Å². The Morgan fingerprint density at radius 1 is 1.37 bits per heavy atom. The third-order valence-electron chi connectivity index (χ3n) is 2.32. The molecule has 0 saturated heterocycles. The average molecular weight is 262 g/mol. The van der Waals surface area contributed by atoms with Gasteiger partial charge in [0.25, 0.3) is 0 Å². The normalized spacial score (nSPS) is 10.2. The first-order chi connectivity index (χ1) is 9.19. The monoisotopic (exact) mass is 262 g/mol. The van der Waals surface area contributed by atoms with Gasteiger partial charge < -0.3 is 15.0 Å². The molecule has 0 radical (unpaired) electrons. The van der Waals surface area contributed by atoms with Crippen molar-refractivity contribution in [1.29, 1.82) is 0 Å². The summed E-state index contributed by atoms with van der Waals surface area (Å²) < 4.78 is 4.69. The summed E-state index contributed by atoms with van der Waals surface area (Å²) in [6.45, 7) is 1.80. The Labute approximate surface area is 109 Å². The summed E-state index contributed by atoms with van der Waals surface area (Å²) in [7, 11) is 0. The molecular formula is C12H14N4O3. The number of nitrogens with one attached hydrogen (secondary N) is 3. The summed E-state index contributed by atoms with van der Waals surface area (Å²) >= 11 is 0. The zero-order valence-electron chi connectivity index (χ0n) is 10.4. The quantitative estimate of drug-likeness (QED) is 0.722. The van der Waals surface area contributed by atoms with Crippen LogP contribution in [0, 0.1) is 0 Å². The van der Waals surface area contributed by atoms with Crippen molar-refractivity contribution in [2.75, 3.05) is 18.5 Å². The molecule has 1 aromatic carbocycles. The highest BCUT2D eigenvalue weighted by Crippen LogP contribution is 2.12. The van der Waals surface area contributed by atoms with Crippen molar-refractivity contribution in [2.24, 2.45) is 0 Å². The van der Waals surface area contributed by atoms with Crippen molar-refractivity contribution in [2.45, 2.75) is 6.92 Å². The second-order valence-electron chi connectivity index (χ2n) is 3.72. The Morgan fingerprint density at radius 3 is 2.89 bits per heavy atom. The molecule has 2 amide bonds. The van der Waals surface area contributed by atoms with Crippen molar-refractivity contribution in [3.63, 3.8) is 0 Å². The summed E-state index contributed by atoms with van der Waals surface area (Å²) in [5.74, 6) is -0.162. The van der Waals surface area contributed by atoms with E-state index in [0.717, 1.165) is 11.0 Å². The Hall–Kier alpha value is -2.57. The number of ether oxygens (including phenoxy) is 1. The van der Waals surface area contributed by atoms with Crippen LogP contribution in [0.4, 0.5) is 10.7 Å². The van der Waals surface area contributed by atoms with E-state index < -0.39 is 12.0 Å². The Kier molecular flexibility index (Phi) is 3.97. The molecule has 2 rings (SSSR count). The van der Waals surface area contributed by atoms with E-state index >= 15 is 0 Å². The third kappa shape index (κ3) is 3.44. The minimum atomic E-state index is -0.521. The number of carbonyl (C=O) groups is 2. The second kappa shape index (κ2) is 5.85. The van der Waals surface area contributed by atoms with Gasteiger partial charge in [-0.15, -0.1) is 0 Å². The van der Waals surface area contributed by atoms with Crippen molar-refractivity contribution in [3.05, 3.63) is 24.3 Å². The molecule has 0 aliphatic carbocycles. The van der Waals surface area contributed by atoms with Gasteiger partial charge in [-0.3, -0.25) is 10.1 Å². The lowest BCUT2D eigenvalue weighted by atomic mass is 10.3. The van der Waals surface area contributed by atoms with Crippen LogP contribution in [-0.2, 0) is 9.53 Å². The van der Waals surface area contributed by atoms with Crippen LogP contribution in [0.25, 0.3) is 11.0 Å². The van der Waals surface area contributed by atoms with Crippen LogP contribution in [0.5, 0.6) is 0 Å². The van der Waals surface area contributed by atoms with Gasteiger partial charge in [0.2, 0.25) is 5.95 Å². The first-order valence-corrected chi connectivity index (χ1v) is 5.84. The Morgan fingerprint density at radius 2 is 2.16 bits per heavy atom. The number of imidazole rings is 1. The maximum absolute atomic E-state index is 11.5. The van der Waals surface area contributed by atoms with Crippen molar-refractivity contribution in [3.8, 4) is 0 Å². The van der Waals surface area contributed by atoms with Crippen molar-refractivity contribution >= 4 is 29.0 Å². The van der Waals surface area contributed by atoms with Gasteiger partial charge in [-0.2, -0.15) is 0 Å². The highest BCUT2D eigenvalue weighted by atomic mass is 16.5. The summed E-state index contributed by atoms with van der Waals surface area (Å²) in [5.41, 5.74) is 1.58. The van der Waals surface area contributed by atoms with Crippen LogP contribution in [0.3, 0.4) is 0 Å². The minimum absolute atomic E-state index is 0.181. The number of H-pyrrole nitrogens is 1. The number of urea groups is 1. The zero-order chi connectivity index (χ0) is 13.7. The molecule has 0 unspecified atom stereocenters. The van der Waals surface area contributed by atoms with Gasteiger partial charge in [0, 0.05) is 0 Å². The van der Waals surface area contributed by atoms with Crippen LogP contribution >= 0.6 is 0 Å². The van der Waals surface area contributed by atoms with E-state index in [4.69, 9.17) is 0 Å². The first kappa shape index (κ1) is 12.9. The van der Waals surface area contributed by atoms with Crippen LogP contribution < -0.4 is 10.6 Å². The molecule has 0 aliphatic heterocycles. The largest absolute Gasteiger partial charge is 0.465 e. The number of hydrogen-bond acceptors (Lipinski definition) is 4. The highest BCUT2D eigenvalue weighted by molar-refractivity contribution is 5.91. The molecule has 100 valence electrons. The molecule has 7 heteroatoms. The molecule has 0 bridgehead atoms. The maximum atomic E-state index is 11.5. The zero-order valence-corrected chi connectivity index (χ0v) is 10.4. The second-order valence-corrected chi connectivity index (χ2v) is 3.72. The fourth-order valence-electron chi connectivity index (χ4n) is 1.53. The smallest absolute Gasteiger partial charge is 0.325 e. The van der Waals surface area contributed by atoms with Gasteiger partial charge in [-0.25, -0.2) is 9.78 Å². The van der Waals surface area contributed by atoms with E-state index in [1.807, 2.05) is 24.3 Å². The predicted octanol–water partition coefficient (Wildman–Crippen LogP) is 1.25. The Balaban J connectivity index is 1.90. The SMILES string of the molecule is CCOC(=O)CNC(=O)Nc1nc2ccccc2[nH]1. The van der Waals surface area contributed by atoms with E-state index in [-0.39, 0.29) is 13.2 Å². The van der Waals surface area contributed by atoms with Gasteiger partial charge in [0.1, 0.15) is 6.54 Å². The Bertz CT molecular complexity index is 560. The number of hydrogen-bond donors (Lipinski definition) is 3. The molecule has 19 heavy (non-hydrogen) atoms. The summed E-state index contributed by atoms with van der Waals surface area (Å²) in [5, 5.41) is 4.88. The fraction of sp³-hybridized carbons (Fsp3) is 0.250. The number of benzene rings is 1. The highest BCUT2D eigenvalue weighted by Gasteiger charge is 2.08. The van der Waals surface area contributed by atoms with Gasteiger partial charge in [-0.05, 0) is 19.1 Å². The van der Waals surface area contributed by atoms with E-state index in [1.165, 1.54) is 0 Å². The molecule has 0 spiro atoms. The number of aromatic nitrogens is 2. The maximum Gasteiger partial charge on any atom is 0.325 e. The van der Waals surface area contributed by atoms with Gasteiger partial charge in [0.15, 0.2) is 0 Å². The lowest BCUT2D eigenvalue weighted by Gasteiger charge is -2.04. The number of anilines is 1. The molecule has 3 N–H and O–H groups in total. The minimum Gasteiger partial charge on any atom is -0.465 e.